The van der Waals surface area contributed by atoms with Gasteiger partial charge in [-0.1, -0.05) is 30.3 Å². The topological polar surface area (TPSA) is 84.2 Å². The number of nitrogens with zero attached hydrogens (tertiary/aromatic N) is 4. The summed E-state index contributed by atoms with van der Waals surface area (Å²) in [4.78, 5) is 20.4. The number of rotatable bonds is 5. The first kappa shape index (κ1) is 13.7. The standard InChI is InChI=1S/C13H15N5O2/c1-14-12-11(18(19)20)13(16-9-15-12)17(2)8-10-6-4-3-5-7-10/h3-7,9H,8H2,1-2H3,(H,14,15,16). The normalized spacial score (nSPS) is 10.1. The third-order valence-electron chi connectivity index (χ3n) is 2.85. The number of aromatic nitrogens is 2. The summed E-state index contributed by atoms with van der Waals surface area (Å²) >= 11 is 0. The van der Waals surface area contributed by atoms with E-state index in [0.29, 0.717) is 12.4 Å². The Morgan fingerprint density at radius 2 is 2.00 bits per heavy atom. The number of benzene rings is 1. The Morgan fingerprint density at radius 1 is 1.30 bits per heavy atom. The summed E-state index contributed by atoms with van der Waals surface area (Å²) in [5.41, 5.74) is 0.933. The predicted octanol–water partition coefficient (Wildman–Crippen LogP) is 2.06. The second-order valence-corrected chi connectivity index (χ2v) is 4.24. The van der Waals surface area contributed by atoms with Gasteiger partial charge in [0.2, 0.25) is 11.6 Å². The van der Waals surface area contributed by atoms with Gasteiger partial charge in [-0.2, -0.15) is 0 Å². The van der Waals surface area contributed by atoms with Crippen LogP contribution in [0.15, 0.2) is 36.7 Å². The van der Waals surface area contributed by atoms with E-state index in [1.165, 1.54) is 6.33 Å². The highest BCUT2D eigenvalue weighted by molar-refractivity contribution is 5.69. The van der Waals surface area contributed by atoms with Gasteiger partial charge in [-0.05, 0) is 5.56 Å². The van der Waals surface area contributed by atoms with Crippen molar-refractivity contribution in [1.82, 2.24) is 9.97 Å². The van der Waals surface area contributed by atoms with Gasteiger partial charge in [0.05, 0.1) is 4.92 Å². The van der Waals surface area contributed by atoms with Gasteiger partial charge in [0.25, 0.3) is 0 Å². The van der Waals surface area contributed by atoms with Crippen LogP contribution in [0.25, 0.3) is 0 Å². The maximum absolute atomic E-state index is 11.2. The van der Waals surface area contributed by atoms with Crippen molar-refractivity contribution < 1.29 is 4.92 Å². The Kier molecular flexibility index (Phi) is 4.09. The predicted molar refractivity (Wildman–Crippen MR) is 76.8 cm³/mol. The first-order valence-electron chi connectivity index (χ1n) is 6.05. The van der Waals surface area contributed by atoms with Crippen molar-refractivity contribution in [3.05, 3.63) is 52.3 Å². The van der Waals surface area contributed by atoms with Gasteiger partial charge in [0.1, 0.15) is 6.33 Å². The molecule has 104 valence electrons. The second-order valence-electron chi connectivity index (χ2n) is 4.24. The molecule has 0 amide bonds. The minimum atomic E-state index is -0.470. The lowest BCUT2D eigenvalue weighted by Crippen LogP contribution is -2.20. The van der Waals surface area contributed by atoms with E-state index in [9.17, 15) is 10.1 Å². The Balaban J connectivity index is 2.34. The van der Waals surface area contributed by atoms with Crippen LogP contribution in [0.4, 0.5) is 17.3 Å². The molecular weight excluding hydrogens is 258 g/mol. The Bertz CT molecular complexity index is 603. The Morgan fingerprint density at radius 3 is 2.60 bits per heavy atom. The molecule has 1 aromatic heterocycles. The summed E-state index contributed by atoms with van der Waals surface area (Å²) in [5, 5.41) is 13.9. The van der Waals surface area contributed by atoms with Crippen LogP contribution >= 0.6 is 0 Å². The molecule has 2 aromatic rings. The number of hydrogen-bond donors (Lipinski definition) is 1. The molecule has 0 saturated heterocycles. The van der Waals surface area contributed by atoms with Crippen LogP contribution < -0.4 is 10.2 Å². The van der Waals surface area contributed by atoms with E-state index in [-0.39, 0.29) is 11.5 Å². The van der Waals surface area contributed by atoms with Gasteiger partial charge in [-0.25, -0.2) is 9.97 Å². The lowest BCUT2D eigenvalue weighted by Gasteiger charge is -2.18. The molecule has 0 aliphatic carbocycles. The molecule has 0 aliphatic rings. The van der Waals surface area contributed by atoms with E-state index < -0.39 is 4.92 Å². The van der Waals surface area contributed by atoms with E-state index in [4.69, 9.17) is 0 Å². The number of hydrogen-bond acceptors (Lipinski definition) is 6. The van der Waals surface area contributed by atoms with Crippen molar-refractivity contribution >= 4 is 17.3 Å². The highest BCUT2D eigenvalue weighted by Crippen LogP contribution is 2.31. The van der Waals surface area contributed by atoms with Crippen LogP contribution in [0.5, 0.6) is 0 Å². The Labute approximate surface area is 116 Å². The molecule has 7 heteroatoms. The van der Waals surface area contributed by atoms with Crippen molar-refractivity contribution in [2.24, 2.45) is 0 Å². The van der Waals surface area contributed by atoms with Crippen molar-refractivity contribution in [2.45, 2.75) is 6.54 Å². The van der Waals surface area contributed by atoms with Crippen LogP contribution in [0.1, 0.15) is 5.56 Å². The number of nitro groups is 1. The van der Waals surface area contributed by atoms with Gasteiger partial charge >= 0.3 is 5.69 Å². The molecule has 0 saturated carbocycles. The van der Waals surface area contributed by atoms with Crippen molar-refractivity contribution in [1.29, 1.82) is 0 Å². The van der Waals surface area contributed by atoms with E-state index in [0.717, 1.165) is 5.56 Å². The van der Waals surface area contributed by atoms with Crippen LogP contribution in [0, 0.1) is 10.1 Å². The van der Waals surface area contributed by atoms with E-state index in [1.807, 2.05) is 30.3 Å². The van der Waals surface area contributed by atoms with Crippen molar-refractivity contribution in [3.63, 3.8) is 0 Å². The zero-order chi connectivity index (χ0) is 14.5. The van der Waals surface area contributed by atoms with Gasteiger partial charge in [-0.15, -0.1) is 0 Å². The SMILES string of the molecule is CNc1ncnc(N(C)Cc2ccccc2)c1[N+](=O)[O-]. The molecule has 1 aromatic carbocycles. The molecule has 7 nitrogen and oxygen atoms in total. The molecule has 0 aliphatic heterocycles. The van der Waals surface area contributed by atoms with Crippen LogP contribution in [0.3, 0.4) is 0 Å². The minimum absolute atomic E-state index is 0.117. The number of nitrogens with one attached hydrogen (secondary N) is 1. The van der Waals surface area contributed by atoms with Gasteiger partial charge in [0, 0.05) is 20.6 Å². The minimum Gasteiger partial charge on any atom is -0.367 e. The first-order valence-corrected chi connectivity index (χ1v) is 6.05. The summed E-state index contributed by atoms with van der Waals surface area (Å²) in [7, 11) is 3.36. The fraction of sp³-hybridized carbons (Fsp3) is 0.231. The smallest absolute Gasteiger partial charge is 0.353 e. The summed E-state index contributed by atoms with van der Waals surface area (Å²) < 4.78 is 0. The maximum Gasteiger partial charge on any atom is 0.353 e. The summed E-state index contributed by atoms with van der Waals surface area (Å²) in [6, 6.07) is 9.70. The molecule has 2 rings (SSSR count). The van der Waals surface area contributed by atoms with E-state index in [1.54, 1.807) is 19.0 Å². The highest BCUT2D eigenvalue weighted by atomic mass is 16.6. The monoisotopic (exact) mass is 273 g/mol. The average molecular weight is 273 g/mol. The molecule has 0 fully saturated rings. The largest absolute Gasteiger partial charge is 0.367 e. The van der Waals surface area contributed by atoms with Crippen molar-refractivity contribution in [2.75, 3.05) is 24.3 Å². The third-order valence-corrected chi connectivity index (χ3v) is 2.85. The molecule has 0 atom stereocenters. The highest BCUT2D eigenvalue weighted by Gasteiger charge is 2.24. The lowest BCUT2D eigenvalue weighted by molar-refractivity contribution is -0.383. The van der Waals surface area contributed by atoms with Crippen molar-refractivity contribution in [3.8, 4) is 0 Å². The van der Waals surface area contributed by atoms with Gasteiger partial charge in [-0.3, -0.25) is 10.1 Å². The van der Waals surface area contributed by atoms with Crippen LogP contribution in [-0.2, 0) is 6.54 Å². The Hall–Kier alpha value is -2.70. The van der Waals surface area contributed by atoms with Gasteiger partial charge in [0.15, 0.2) is 0 Å². The molecular formula is C13H15N5O2. The molecule has 0 spiro atoms. The van der Waals surface area contributed by atoms with E-state index in [2.05, 4.69) is 15.3 Å². The molecule has 0 bridgehead atoms. The van der Waals surface area contributed by atoms with E-state index >= 15 is 0 Å². The summed E-state index contributed by atoms with van der Waals surface area (Å²) in [6.45, 7) is 0.530. The summed E-state index contributed by atoms with van der Waals surface area (Å²) in [6.07, 6.45) is 1.32. The molecule has 0 radical (unpaired) electrons. The quantitative estimate of drug-likeness (QED) is 0.663. The molecule has 1 N–H and O–H groups in total. The average Bonchev–Trinajstić information content (AvgIpc) is 2.47. The first-order chi connectivity index (χ1) is 9.63. The maximum atomic E-state index is 11.2. The van der Waals surface area contributed by atoms with Gasteiger partial charge < -0.3 is 10.2 Å². The van der Waals surface area contributed by atoms with Crippen LogP contribution in [-0.4, -0.2) is 29.0 Å². The molecule has 20 heavy (non-hydrogen) atoms. The lowest BCUT2D eigenvalue weighted by atomic mass is 10.2. The zero-order valence-corrected chi connectivity index (χ0v) is 11.3. The third kappa shape index (κ3) is 2.82. The second kappa shape index (κ2) is 5.96. The van der Waals surface area contributed by atoms with Crippen LogP contribution in [0.2, 0.25) is 0 Å². The molecule has 1 heterocycles. The fourth-order valence-electron chi connectivity index (χ4n) is 1.93. The zero-order valence-electron chi connectivity index (χ0n) is 11.3. The number of anilines is 2. The molecule has 0 unspecified atom stereocenters. The summed E-state index contributed by atoms with van der Waals surface area (Å²) in [5.74, 6) is 0.498. The fourth-order valence-corrected chi connectivity index (χ4v) is 1.93.